The van der Waals surface area contributed by atoms with Crippen molar-refractivity contribution in [2.24, 2.45) is 17.3 Å². The van der Waals surface area contributed by atoms with E-state index in [0.717, 1.165) is 19.3 Å². The average molecular weight is 344 g/mol. The lowest BCUT2D eigenvalue weighted by atomic mass is 9.55. The summed E-state index contributed by atoms with van der Waals surface area (Å²) in [6.45, 7) is 7.88. The zero-order valence-electron chi connectivity index (χ0n) is 16.0. The van der Waals surface area contributed by atoms with E-state index in [1.165, 1.54) is 37.3 Å². The van der Waals surface area contributed by atoms with Gasteiger partial charge >= 0.3 is 5.97 Å². The molecule has 3 aliphatic carbocycles. The van der Waals surface area contributed by atoms with E-state index in [2.05, 4.69) is 13.0 Å². The van der Waals surface area contributed by atoms with Crippen molar-refractivity contribution in [3.63, 3.8) is 0 Å². The SMILES string of the molecule is CC.CC(=O)OC1CCC2C3CCc4cc(O)ccc4C3CCC12C. The number of rotatable bonds is 1. The standard InChI is InChI=1S/C20H26O3.C2H6/c1-12(21)23-19-8-7-18-17-5-3-13-11-14(22)4-6-15(13)16(17)9-10-20(18,19)2;1-2/h4,6,11,16-19,22H,3,5,7-10H2,1-2H3;1-2H3. The summed E-state index contributed by atoms with van der Waals surface area (Å²) in [6.07, 6.45) is 6.89. The molecule has 0 saturated heterocycles. The molecule has 0 heterocycles. The predicted molar refractivity (Wildman–Crippen MR) is 99.6 cm³/mol. The summed E-state index contributed by atoms with van der Waals surface area (Å²) in [5, 5.41) is 9.75. The Labute approximate surface area is 151 Å². The molecule has 1 aromatic rings. The molecule has 4 rings (SSSR count). The first-order valence-corrected chi connectivity index (χ1v) is 9.98. The normalized spacial score (nSPS) is 35.5. The summed E-state index contributed by atoms with van der Waals surface area (Å²) in [6, 6.07) is 5.93. The lowest BCUT2D eigenvalue weighted by Crippen LogP contribution is -2.45. The molecule has 5 atom stereocenters. The zero-order valence-corrected chi connectivity index (χ0v) is 16.0. The predicted octanol–water partition coefficient (Wildman–Crippen LogP) is 5.21. The summed E-state index contributed by atoms with van der Waals surface area (Å²) in [4.78, 5) is 11.4. The third-order valence-electron chi connectivity index (χ3n) is 6.93. The molecule has 0 amide bonds. The second kappa shape index (κ2) is 7.01. The van der Waals surface area contributed by atoms with E-state index in [4.69, 9.17) is 4.74 Å². The Kier molecular flexibility index (Phi) is 5.13. The Morgan fingerprint density at radius 1 is 1.20 bits per heavy atom. The maximum atomic E-state index is 11.4. The minimum Gasteiger partial charge on any atom is -0.508 e. The second-order valence-electron chi connectivity index (χ2n) is 8.02. The minimum absolute atomic E-state index is 0.104. The van der Waals surface area contributed by atoms with Crippen LogP contribution in [0.15, 0.2) is 18.2 Å². The van der Waals surface area contributed by atoms with E-state index >= 15 is 0 Å². The number of esters is 1. The number of ether oxygens (including phenoxy) is 1. The van der Waals surface area contributed by atoms with E-state index in [-0.39, 0.29) is 17.5 Å². The van der Waals surface area contributed by atoms with Crippen molar-refractivity contribution in [2.75, 3.05) is 0 Å². The van der Waals surface area contributed by atoms with Crippen molar-refractivity contribution in [3.05, 3.63) is 29.3 Å². The van der Waals surface area contributed by atoms with Crippen LogP contribution in [0.2, 0.25) is 0 Å². The molecule has 0 aromatic heterocycles. The van der Waals surface area contributed by atoms with Gasteiger partial charge in [0.2, 0.25) is 0 Å². The fourth-order valence-electron chi connectivity index (χ4n) is 5.91. The van der Waals surface area contributed by atoms with Crippen LogP contribution in [0.4, 0.5) is 0 Å². The van der Waals surface area contributed by atoms with Gasteiger partial charge in [0, 0.05) is 12.3 Å². The number of carbonyl (C=O) groups excluding carboxylic acids is 1. The van der Waals surface area contributed by atoms with Gasteiger partial charge in [0.25, 0.3) is 0 Å². The van der Waals surface area contributed by atoms with Crippen LogP contribution >= 0.6 is 0 Å². The van der Waals surface area contributed by atoms with Crippen molar-refractivity contribution in [2.45, 2.75) is 78.2 Å². The number of phenolic OH excluding ortho intramolecular Hbond substituents is 1. The van der Waals surface area contributed by atoms with E-state index in [1.54, 1.807) is 0 Å². The Morgan fingerprint density at radius 2 is 1.96 bits per heavy atom. The van der Waals surface area contributed by atoms with Crippen molar-refractivity contribution >= 4 is 5.97 Å². The fourth-order valence-corrected chi connectivity index (χ4v) is 5.91. The van der Waals surface area contributed by atoms with Gasteiger partial charge in [-0.15, -0.1) is 0 Å². The zero-order chi connectivity index (χ0) is 18.2. The molecule has 3 aliphatic rings. The monoisotopic (exact) mass is 344 g/mol. The quantitative estimate of drug-likeness (QED) is 0.712. The van der Waals surface area contributed by atoms with Crippen LogP contribution < -0.4 is 0 Å². The van der Waals surface area contributed by atoms with Crippen LogP contribution in [-0.2, 0) is 16.0 Å². The first-order chi connectivity index (χ1) is 12.0. The summed E-state index contributed by atoms with van der Waals surface area (Å²) in [7, 11) is 0. The Balaban J connectivity index is 0.000000880. The largest absolute Gasteiger partial charge is 0.508 e. The number of hydrogen-bond donors (Lipinski definition) is 1. The van der Waals surface area contributed by atoms with Crippen LogP contribution in [0.3, 0.4) is 0 Å². The van der Waals surface area contributed by atoms with Gasteiger partial charge in [0.1, 0.15) is 11.9 Å². The summed E-state index contributed by atoms with van der Waals surface area (Å²) >= 11 is 0. The van der Waals surface area contributed by atoms with E-state index in [0.29, 0.717) is 23.5 Å². The topological polar surface area (TPSA) is 46.5 Å². The lowest BCUT2D eigenvalue weighted by Gasteiger charge is -2.50. The molecule has 2 saturated carbocycles. The highest BCUT2D eigenvalue weighted by Crippen LogP contribution is 2.61. The minimum atomic E-state index is -0.136. The van der Waals surface area contributed by atoms with Gasteiger partial charge in [-0.2, -0.15) is 0 Å². The number of phenols is 1. The highest BCUT2D eigenvalue weighted by atomic mass is 16.5. The maximum Gasteiger partial charge on any atom is 0.302 e. The summed E-state index contributed by atoms with van der Waals surface area (Å²) in [5.74, 6) is 2.23. The van der Waals surface area contributed by atoms with Gasteiger partial charge in [0.05, 0.1) is 0 Å². The van der Waals surface area contributed by atoms with Gasteiger partial charge in [-0.05, 0) is 79.5 Å². The van der Waals surface area contributed by atoms with Crippen molar-refractivity contribution < 1.29 is 14.6 Å². The van der Waals surface area contributed by atoms with Crippen molar-refractivity contribution in [1.29, 1.82) is 0 Å². The second-order valence-corrected chi connectivity index (χ2v) is 8.02. The molecule has 2 fully saturated rings. The van der Waals surface area contributed by atoms with Crippen molar-refractivity contribution in [1.82, 2.24) is 0 Å². The number of aromatic hydroxyl groups is 1. The molecular formula is C22H32O3. The molecule has 0 aliphatic heterocycles. The smallest absolute Gasteiger partial charge is 0.302 e. The average Bonchev–Trinajstić information content (AvgIpc) is 2.92. The molecular weight excluding hydrogens is 312 g/mol. The highest BCUT2D eigenvalue weighted by Gasteiger charge is 2.56. The van der Waals surface area contributed by atoms with Crippen LogP contribution in [0, 0.1) is 17.3 Å². The third-order valence-corrected chi connectivity index (χ3v) is 6.93. The third kappa shape index (κ3) is 3.07. The van der Waals surface area contributed by atoms with E-state index < -0.39 is 0 Å². The lowest BCUT2D eigenvalue weighted by molar-refractivity contribution is -0.154. The molecule has 5 unspecified atom stereocenters. The highest BCUT2D eigenvalue weighted by molar-refractivity contribution is 5.66. The number of benzene rings is 1. The first kappa shape index (κ1) is 18.3. The number of hydrogen-bond acceptors (Lipinski definition) is 3. The molecule has 0 spiro atoms. The Hall–Kier alpha value is -1.51. The molecule has 1 N–H and O–H groups in total. The van der Waals surface area contributed by atoms with Gasteiger partial charge in [-0.3, -0.25) is 4.79 Å². The summed E-state index contributed by atoms with van der Waals surface area (Å²) in [5.41, 5.74) is 2.95. The van der Waals surface area contributed by atoms with Crippen LogP contribution in [0.1, 0.15) is 76.8 Å². The van der Waals surface area contributed by atoms with Crippen molar-refractivity contribution in [3.8, 4) is 5.75 Å². The first-order valence-electron chi connectivity index (χ1n) is 9.98. The molecule has 1 aromatic carbocycles. The van der Waals surface area contributed by atoms with Crippen LogP contribution in [-0.4, -0.2) is 17.2 Å². The fraction of sp³-hybridized carbons (Fsp3) is 0.682. The molecule has 0 radical (unpaired) electrons. The van der Waals surface area contributed by atoms with E-state index in [9.17, 15) is 9.90 Å². The molecule has 25 heavy (non-hydrogen) atoms. The molecule has 138 valence electrons. The Morgan fingerprint density at radius 3 is 2.68 bits per heavy atom. The number of fused-ring (bicyclic) bond motifs is 5. The van der Waals surface area contributed by atoms with Gasteiger partial charge < -0.3 is 9.84 Å². The summed E-state index contributed by atoms with van der Waals surface area (Å²) < 4.78 is 5.68. The molecule has 0 bridgehead atoms. The van der Waals surface area contributed by atoms with E-state index in [1.807, 2.05) is 26.0 Å². The maximum absolute atomic E-state index is 11.4. The Bertz CT molecular complexity index is 638. The van der Waals surface area contributed by atoms with Gasteiger partial charge in [-0.1, -0.05) is 26.8 Å². The number of carbonyl (C=O) groups is 1. The van der Waals surface area contributed by atoms with Gasteiger partial charge in [0.15, 0.2) is 0 Å². The van der Waals surface area contributed by atoms with Crippen LogP contribution in [0.25, 0.3) is 0 Å². The number of aryl methyl sites for hydroxylation is 1. The van der Waals surface area contributed by atoms with Crippen LogP contribution in [0.5, 0.6) is 5.75 Å². The molecule has 3 heteroatoms. The van der Waals surface area contributed by atoms with Gasteiger partial charge in [-0.25, -0.2) is 0 Å². The molecule has 3 nitrogen and oxygen atoms in total.